The fourth-order valence-electron chi connectivity index (χ4n) is 9.72. The molecule has 9 N–H and O–H groups in total. The van der Waals surface area contributed by atoms with Crippen molar-refractivity contribution in [3.8, 4) is 5.75 Å². The number of alkyl carbamates (subject to hydrolysis) is 1. The molecule has 5 rings (SSSR count). The Kier molecular flexibility index (Phi) is 24.8. The number of anilines is 3. The summed E-state index contributed by atoms with van der Waals surface area (Å²) in [7, 11) is 4.40. The Bertz CT molecular complexity index is 2800. The number of esters is 1. The molecule has 0 aromatic heterocycles. The average molecular weight is 1310 g/mol. The van der Waals surface area contributed by atoms with Crippen molar-refractivity contribution in [2.24, 2.45) is 17.6 Å². The fraction of sp³-hybridized carbons (Fsp3) is 0.544. The number of nitrogens with two attached hydrogens (primary N) is 1. The molecule has 10 atom stereocenters. The van der Waals surface area contributed by atoms with Gasteiger partial charge in [0.1, 0.15) is 46.8 Å². The highest BCUT2D eigenvalue weighted by Gasteiger charge is 2.64. The van der Waals surface area contributed by atoms with Gasteiger partial charge in [0.2, 0.25) is 23.6 Å². The number of nitrogens with one attached hydrogen (secondary N) is 6. The third-order valence-electron chi connectivity index (χ3n) is 14.6. The number of primary amides is 1. The molecular formula is C57H77Br2ClN8O15. The normalized spacial score (nSPS) is 24.6. The van der Waals surface area contributed by atoms with Crippen molar-refractivity contribution in [3.05, 3.63) is 81.3 Å². The minimum absolute atomic E-state index is 0.0543. The number of unbranched alkanes of at least 4 members (excludes halogenated alkanes) is 1. The van der Waals surface area contributed by atoms with Crippen molar-refractivity contribution < 1.29 is 71.9 Å². The van der Waals surface area contributed by atoms with Crippen molar-refractivity contribution in [2.45, 2.75) is 153 Å². The summed E-state index contributed by atoms with van der Waals surface area (Å²) in [5.74, 6) is -3.34. The molecule has 0 radical (unpaired) electrons. The number of methoxy groups -OCH3 is 2. The van der Waals surface area contributed by atoms with Crippen LogP contribution in [0.3, 0.4) is 0 Å². The van der Waals surface area contributed by atoms with E-state index in [9.17, 15) is 43.5 Å². The first-order valence-corrected chi connectivity index (χ1v) is 29.5. The standard InChI is InChI=1S/C57H77Br2ClN8O15/c1-30(2)48(66-45(69)19-12-11-16-33(5)80-52(73)32(4)29-58)51(72)64-39(17-14-22-62-53(61)74)50(71)63-36-20-21-38(37(59)26-36)65-54(75)82-44-27-46(70)68(8)40-24-35(25-41(78-9)47(40)60)23-31(3)15-13-18-43(79-10)57(77)28-42(81-55(76)67-57)34(6)49-56(44,7)83-49/h13,15,18,20-21,24-26,30,33-34,39,42-44,48-49,77H,4,11-12,14,16-17,19,22-23,27-29H2,1-3,5-10H3,(H,63,71)(H,64,72)(H,65,75)(H,66,69)(H,67,76)(H3,61,62,74)/b18-13+,31-15+/t33?,34-,39+,42+,43-,44+,48+,49+,56+,57+/m1/s1. The number of halogens is 3. The van der Waals surface area contributed by atoms with E-state index < -0.39 is 108 Å². The maximum atomic E-state index is 14.4. The molecule has 83 heavy (non-hydrogen) atoms. The largest absolute Gasteiger partial charge is 0.495 e. The van der Waals surface area contributed by atoms with E-state index >= 15 is 0 Å². The van der Waals surface area contributed by atoms with Crippen LogP contribution in [-0.4, -0.2) is 140 Å². The zero-order valence-electron chi connectivity index (χ0n) is 48.1. The number of fused-ring (bicyclic) bond motifs is 5. The number of carbonyl (C=O) groups is 8. The Hall–Kier alpha value is -6.25. The van der Waals surface area contributed by atoms with Crippen LogP contribution in [-0.2, 0) is 54.1 Å². The predicted octanol–water partition coefficient (Wildman–Crippen LogP) is 7.59. The van der Waals surface area contributed by atoms with E-state index in [0.717, 1.165) is 11.1 Å². The lowest BCUT2D eigenvalue weighted by molar-refractivity contribution is -0.144. The topological polar surface area (TPSA) is 317 Å². The van der Waals surface area contributed by atoms with Crippen molar-refractivity contribution in [3.63, 3.8) is 0 Å². The minimum atomic E-state index is -1.90. The van der Waals surface area contributed by atoms with Crippen molar-refractivity contribution >= 4 is 108 Å². The van der Waals surface area contributed by atoms with E-state index in [2.05, 4.69) is 70.3 Å². The van der Waals surface area contributed by atoms with E-state index in [1.807, 2.05) is 13.0 Å². The summed E-state index contributed by atoms with van der Waals surface area (Å²) >= 11 is 13.5. The molecule has 2 saturated heterocycles. The second-order valence-electron chi connectivity index (χ2n) is 21.5. The number of hydrogen-bond acceptors (Lipinski definition) is 15. The van der Waals surface area contributed by atoms with E-state index in [-0.39, 0.29) is 70.3 Å². The van der Waals surface area contributed by atoms with Gasteiger partial charge < -0.3 is 65.4 Å². The van der Waals surface area contributed by atoms with Crippen molar-refractivity contribution in [2.75, 3.05) is 48.7 Å². The number of nitrogens with zero attached hydrogens (tertiary/aromatic N) is 1. The molecule has 3 aliphatic rings. The van der Waals surface area contributed by atoms with E-state index in [4.69, 9.17) is 45.8 Å². The van der Waals surface area contributed by atoms with E-state index in [1.165, 1.54) is 44.4 Å². The summed E-state index contributed by atoms with van der Waals surface area (Å²) in [6.07, 6.45) is 0.711. The van der Waals surface area contributed by atoms with Crippen LogP contribution in [0.5, 0.6) is 5.75 Å². The zero-order chi connectivity index (χ0) is 61.5. The highest BCUT2D eigenvalue weighted by Crippen LogP contribution is 2.49. The lowest BCUT2D eigenvalue weighted by Gasteiger charge is -2.42. The van der Waals surface area contributed by atoms with Crippen LogP contribution in [0.25, 0.3) is 0 Å². The van der Waals surface area contributed by atoms with Crippen LogP contribution in [0.15, 0.2) is 70.8 Å². The van der Waals surface area contributed by atoms with Crippen LogP contribution in [0, 0.1) is 11.8 Å². The summed E-state index contributed by atoms with van der Waals surface area (Å²) < 4.78 is 35.1. The van der Waals surface area contributed by atoms with Crippen LogP contribution < -0.4 is 47.3 Å². The quantitative estimate of drug-likeness (QED) is 0.0141. The number of epoxide rings is 1. The maximum absolute atomic E-state index is 14.4. The molecule has 2 aromatic rings. The third-order valence-corrected chi connectivity index (χ3v) is 16.3. The molecule has 2 fully saturated rings. The van der Waals surface area contributed by atoms with Gasteiger partial charge in [-0.15, -0.1) is 0 Å². The second kappa shape index (κ2) is 30.5. The van der Waals surface area contributed by atoms with Crippen molar-refractivity contribution in [1.29, 1.82) is 0 Å². The number of amides is 8. The Labute approximate surface area is 505 Å². The van der Waals surface area contributed by atoms with E-state index in [0.29, 0.717) is 42.7 Å². The number of hydrogen-bond donors (Lipinski definition) is 8. The average Bonchev–Trinajstić information content (AvgIpc) is 1.85. The molecule has 23 nitrogen and oxygen atoms in total. The van der Waals surface area contributed by atoms with E-state index in [1.54, 1.807) is 58.9 Å². The third kappa shape index (κ3) is 18.9. The SMILES string of the molecule is C=C(CBr)C(=O)OC(C)CCCCC(=O)N[C@H](C(=O)N[C@@H](CCCNC(N)=O)C(=O)Nc1ccc(NC(=O)O[C@H]2CC(=O)N(C)c3cc(cc(OC)c3Cl)C/C(C)=C/C=C/[C@@H](OC)[C@@]3(O)C[C@H](OC(=O)N3)[C@@H](C)[C@@H]3O[C@@]23C)c(Br)c1)C(C)C. The molecule has 26 heteroatoms. The first kappa shape index (κ1) is 67.5. The van der Waals surface area contributed by atoms with Gasteiger partial charge in [-0.1, -0.05) is 78.7 Å². The van der Waals surface area contributed by atoms with Gasteiger partial charge in [0, 0.05) is 60.5 Å². The summed E-state index contributed by atoms with van der Waals surface area (Å²) in [6.45, 7) is 14.3. The Morgan fingerprint density at radius 3 is 2.40 bits per heavy atom. The van der Waals surface area contributed by atoms with Crippen LogP contribution in [0.1, 0.15) is 98.5 Å². The van der Waals surface area contributed by atoms with Crippen LogP contribution in [0.2, 0.25) is 5.02 Å². The summed E-state index contributed by atoms with van der Waals surface area (Å²) in [5.41, 5.74) is 4.70. The summed E-state index contributed by atoms with van der Waals surface area (Å²) in [5, 5.41) is 28.3. The zero-order valence-corrected chi connectivity index (χ0v) is 52.0. The number of aliphatic hydroxyl groups is 1. The maximum Gasteiger partial charge on any atom is 0.412 e. The monoisotopic (exact) mass is 1310 g/mol. The van der Waals surface area contributed by atoms with Crippen LogP contribution >= 0.6 is 43.5 Å². The Morgan fingerprint density at radius 1 is 1.02 bits per heavy atom. The molecular weight excluding hydrogens is 1230 g/mol. The van der Waals surface area contributed by atoms with Gasteiger partial charge in [0.05, 0.1) is 37.1 Å². The Balaban J connectivity index is 1.32. The summed E-state index contributed by atoms with van der Waals surface area (Å²) in [6, 6.07) is 5.03. The molecule has 0 spiro atoms. The van der Waals surface area contributed by atoms with Crippen molar-refractivity contribution in [1.82, 2.24) is 21.3 Å². The molecule has 0 aliphatic carbocycles. The highest BCUT2D eigenvalue weighted by atomic mass is 79.9. The molecule has 3 aliphatic heterocycles. The number of urea groups is 1. The number of ether oxygens (including phenoxy) is 6. The molecule has 456 valence electrons. The lowest BCUT2D eigenvalue weighted by atomic mass is 9.83. The van der Waals surface area contributed by atoms with Crippen LogP contribution in [0.4, 0.5) is 31.4 Å². The predicted molar refractivity (Wildman–Crippen MR) is 318 cm³/mol. The number of carbonyl (C=O) groups excluding carboxylic acids is 8. The molecule has 1 unspecified atom stereocenters. The molecule has 0 saturated carbocycles. The number of rotatable bonds is 22. The summed E-state index contributed by atoms with van der Waals surface area (Å²) in [4.78, 5) is 107. The number of alkyl halides is 1. The van der Waals surface area contributed by atoms with Gasteiger partial charge >= 0.3 is 24.2 Å². The fourth-order valence-corrected chi connectivity index (χ4v) is 10.7. The van der Waals surface area contributed by atoms with Gasteiger partial charge in [-0.25, -0.2) is 19.2 Å². The minimum Gasteiger partial charge on any atom is -0.495 e. The highest BCUT2D eigenvalue weighted by molar-refractivity contribution is 9.10. The van der Waals surface area contributed by atoms with Gasteiger partial charge in [0.15, 0.2) is 5.72 Å². The Morgan fingerprint density at radius 2 is 1.75 bits per heavy atom. The smallest absolute Gasteiger partial charge is 0.412 e. The van der Waals surface area contributed by atoms with Gasteiger partial charge in [-0.2, -0.15) is 0 Å². The number of benzene rings is 2. The lowest BCUT2D eigenvalue weighted by Crippen LogP contribution is -2.63. The van der Waals surface area contributed by atoms with Gasteiger partial charge in [0.25, 0.3) is 0 Å². The van der Waals surface area contributed by atoms with Gasteiger partial charge in [-0.05, 0) is 117 Å². The molecule has 4 bridgehead atoms. The molecule has 3 heterocycles. The number of allylic oxidation sites excluding steroid dienone is 3. The molecule has 2 aromatic carbocycles. The first-order valence-electron chi connectivity index (χ1n) is 27.2. The first-order chi connectivity index (χ1) is 39.1. The van der Waals surface area contributed by atoms with Gasteiger partial charge in [-0.3, -0.25) is 29.8 Å². The second-order valence-corrected chi connectivity index (χ2v) is 23.3. The molecule has 8 amide bonds.